The van der Waals surface area contributed by atoms with E-state index >= 15 is 0 Å². The van der Waals surface area contributed by atoms with E-state index in [1.165, 1.54) is 6.26 Å². The van der Waals surface area contributed by atoms with Crippen LogP contribution < -0.4 is 0 Å². The van der Waals surface area contributed by atoms with Crippen molar-refractivity contribution in [3.63, 3.8) is 0 Å². The Morgan fingerprint density at radius 3 is 2.95 bits per heavy atom. The highest BCUT2D eigenvalue weighted by molar-refractivity contribution is 5.95. The normalized spacial score (nSPS) is 24.4. The standard InChI is InChI=1S/C14H21N3O2/c1-16-7-3-4-11(8-16)17(2)14(18)12-9-19-15-13(12)10-5-6-10/h9-11H,3-8H2,1-2H3/t11-/m0/s1. The fraction of sp³-hybridized carbons (Fsp3) is 0.714. The number of piperidine rings is 1. The number of hydrogen-bond acceptors (Lipinski definition) is 4. The molecule has 2 fully saturated rings. The molecule has 0 unspecified atom stereocenters. The lowest BCUT2D eigenvalue weighted by Crippen LogP contribution is -2.47. The number of likely N-dealkylation sites (N-methyl/N-ethyl adjacent to an activating group) is 2. The minimum absolute atomic E-state index is 0.0588. The van der Waals surface area contributed by atoms with Gasteiger partial charge >= 0.3 is 0 Å². The number of rotatable bonds is 3. The maximum absolute atomic E-state index is 12.6. The summed E-state index contributed by atoms with van der Waals surface area (Å²) in [6, 6.07) is 0.299. The van der Waals surface area contributed by atoms with Crippen LogP contribution in [0.4, 0.5) is 0 Å². The molecule has 1 aliphatic heterocycles. The van der Waals surface area contributed by atoms with E-state index in [0.717, 1.165) is 44.5 Å². The number of amides is 1. The summed E-state index contributed by atoms with van der Waals surface area (Å²) in [4.78, 5) is 16.7. The van der Waals surface area contributed by atoms with Gasteiger partial charge in [-0.3, -0.25) is 4.79 Å². The Kier molecular flexibility index (Phi) is 3.31. The maximum Gasteiger partial charge on any atom is 0.259 e. The van der Waals surface area contributed by atoms with Gasteiger partial charge in [-0.25, -0.2) is 0 Å². The van der Waals surface area contributed by atoms with Crippen LogP contribution in [0.1, 0.15) is 47.7 Å². The highest BCUT2D eigenvalue weighted by Crippen LogP contribution is 2.41. The number of carbonyl (C=O) groups is 1. The van der Waals surface area contributed by atoms with Gasteiger partial charge in [0.1, 0.15) is 11.8 Å². The van der Waals surface area contributed by atoms with Crippen molar-refractivity contribution in [3.05, 3.63) is 17.5 Å². The molecule has 2 heterocycles. The first-order valence-corrected chi connectivity index (χ1v) is 7.07. The highest BCUT2D eigenvalue weighted by atomic mass is 16.5. The minimum Gasteiger partial charge on any atom is -0.364 e. The molecule has 5 heteroatoms. The third kappa shape index (κ3) is 2.52. The third-order valence-electron chi connectivity index (χ3n) is 4.26. The number of hydrogen-bond donors (Lipinski definition) is 0. The van der Waals surface area contributed by atoms with Crippen molar-refractivity contribution in [2.24, 2.45) is 0 Å². The van der Waals surface area contributed by atoms with Gasteiger partial charge in [-0.15, -0.1) is 0 Å². The van der Waals surface area contributed by atoms with Crippen LogP contribution in [0.2, 0.25) is 0 Å². The zero-order valence-electron chi connectivity index (χ0n) is 11.6. The van der Waals surface area contributed by atoms with Gasteiger partial charge in [-0.1, -0.05) is 5.16 Å². The fourth-order valence-corrected chi connectivity index (χ4v) is 2.87. The number of carbonyl (C=O) groups excluding carboxylic acids is 1. The molecule has 3 rings (SSSR count). The monoisotopic (exact) mass is 263 g/mol. The van der Waals surface area contributed by atoms with Crippen molar-refractivity contribution in [2.75, 3.05) is 27.2 Å². The summed E-state index contributed by atoms with van der Waals surface area (Å²) in [5.74, 6) is 0.503. The van der Waals surface area contributed by atoms with Crippen LogP contribution in [0.3, 0.4) is 0 Å². The van der Waals surface area contributed by atoms with E-state index < -0.39 is 0 Å². The Bertz CT molecular complexity index is 467. The molecular weight excluding hydrogens is 242 g/mol. The first kappa shape index (κ1) is 12.7. The van der Waals surface area contributed by atoms with E-state index in [2.05, 4.69) is 17.1 Å². The van der Waals surface area contributed by atoms with Crippen molar-refractivity contribution in [3.8, 4) is 0 Å². The Hall–Kier alpha value is -1.36. The summed E-state index contributed by atoms with van der Waals surface area (Å²) < 4.78 is 5.02. The quantitative estimate of drug-likeness (QED) is 0.833. The van der Waals surface area contributed by atoms with Gasteiger partial charge in [0.25, 0.3) is 5.91 Å². The van der Waals surface area contributed by atoms with Crippen LogP contribution in [0.5, 0.6) is 0 Å². The van der Waals surface area contributed by atoms with Gasteiger partial charge in [0.2, 0.25) is 0 Å². The van der Waals surface area contributed by atoms with E-state index in [9.17, 15) is 4.79 Å². The zero-order valence-corrected chi connectivity index (χ0v) is 11.6. The molecule has 1 aliphatic carbocycles. The highest BCUT2D eigenvalue weighted by Gasteiger charge is 2.34. The smallest absolute Gasteiger partial charge is 0.259 e. The number of likely N-dealkylation sites (tertiary alicyclic amines) is 1. The summed E-state index contributed by atoms with van der Waals surface area (Å²) in [5, 5.41) is 4.01. The first-order valence-electron chi connectivity index (χ1n) is 7.07. The molecule has 1 atom stereocenters. The average Bonchev–Trinajstić information content (AvgIpc) is 3.14. The Morgan fingerprint density at radius 1 is 1.47 bits per heavy atom. The Labute approximate surface area is 113 Å². The first-order chi connectivity index (χ1) is 9.16. The molecule has 1 aromatic rings. The van der Waals surface area contributed by atoms with Gasteiger partial charge in [-0.2, -0.15) is 0 Å². The molecule has 104 valence electrons. The summed E-state index contributed by atoms with van der Waals surface area (Å²) in [7, 11) is 4.01. The van der Waals surface area contributed by atoms with Gasteiger partial charge in [0.05, 0.1) is 5.69 Å². The predicted molar refractivity (Wildman–Crippen MR) is 71.1 cm³/mol. The Balaban J connectivity index is 1.73. The van der Waals surface area contributed by atoms with E-state index in [1.54, 1.807) is 0 Å². The van der Waals surface area contributed by atoms with Crippen LogP contribution in [0.25, 0.3) is 0 Å². The van der Waals surface area contributed by atoms with Crippen LogP contribution in [0, 0.1) is 0 Å². The van der Waals surface area contributed by atoms with Crippen molar-refractivity contribution in [2.45, 2.75) is 37.6 Å². The van der Waals surface area contributed by atoms with Crippen molar-refractivity contribution in [1.29, 1.82) is 0 Å². The largest absolute Gasteiger partial charge is 0.364 e. The predicted octanol–water partition coefficient (Wildman–Crippen LogP) is 1.72. The number of nitrogens with zero attached hydrogens (tertiary/aromatic N) is 3. The molecule has 0 spiro atoms. The summed E-state index contributed by atoms with van der Waals surface area (Å²) >= 11 is 0. The van der Waals surface area contributed by atoms with E-state index in [0.29, 0.717) is 17.5 Å². The van der Waals surface area contributed by atoms with Crippen LogP contribution >= 0.6 is 0 Å². The molecule has 5 nitrogen and oxygen atoms in total. The van der Waals surface area contributed by atoms with Crippen molar-refractivity contribution in [1.82, 2.24) is 15.0 Å². The molecule has 0 N–H and O–H groups in total. The molecule has 19 heavy (non-hydrogen) atoms. The summed E-state index contributed by atoms with van der Waals surface area (Å²) in [5.41, 5.74) is 1.53. The second-order valence-corrected chi connectivity index (χ2v) is 5.86. The molecule has 0 aromatic carbocycles. The van der Waals surface area contributed by atoms with Crippen LogP contribution in [-0.2, 0) is 0 Å². The molecule has 1 amide bonds. The van der Waals surface area contributed by atoms with Gasteiger partial charge in [0, 0.05) is 25.6 Å². The molecule has 0 radical (unpaired) electrons. The maximum atomic E-state index is 12.6. The van der Waals surface area contributed by atoms with Crippen molar-refractivity contribution >= 4 is 5.91 Å². The SMILES string of the molecule is CN1CCC[C@H](N(C)C(=O)c2conc2C2CC2)C1. The molecular formula is C14H21N3O2. The lowest BCUT2D eigenvalue weighted by molar-refractivity contribution is 0.0642. The van der Waals surface area contributed by atoms with E-state index in [4.69, 9.17) is 4.52 Å². The zero-order chi connectivity index (χ0) is 13.4. The second-order valence-electron chi connectivity index (χ2n) is 5.86. The summed E-state index contributed by atoms with van der Waals surface area (Å²) in [6.07, 6.45) is 6.00. The molecule has 0 bridgehead atoms. The van der Waals surface area contributed by atoms with E-state index in [-0.39, 0.29) is 5.91 Å². The van der Waals surface area contributed by atoms with Gasteiger partial charge < -0.3 is 14.3 Å². The van der Waals surface area contributed by atoms with E-state index in [1.807, 2.05) is 11.9 Å². The minimum atomic E-state index is 0.0588. The van der Waals surface area contributed by atoms with Gasteiger partial charge in [-0.05, 0) is 39.3 Å². The fourth-order valence-electron chi connectivity index (χ4n) is 2.87. The molecule has 1 saturated carbocycles. The van der Waals surface area contributed by atoms with Crippen LogP contribution in [0.15, 0.2) is 10.8 Å². The average molecular weight is 263 g/mol. The topological polar surface area (TPSA) is 49.6 Å². The van der Waals surface area contributed by atoms with Crippen LogP contribution in [-0.4, -0.2) is 54.1 Å². The summed E-state index contributed by atoms with van der Waals surface area (Å²) in [6.45, 7) is 2.07. The molecule has 1 aromatic heterocycles. The number of aromatic nitrogens is 1. The third-order valence-corrected chi connectivity index (χ3v) is 4.26. The lowest BCUT2D eigenvalue weighted by Gasteiger charge is -2.35. The lowest BCUT2D eigenvalue weighted by atomic mass is 10.0. The molecule has 1 saturated heterocycles. The Morgan fingerprint density at radius 2 is 2.26 bits per heavy atom. The van der Waals surface area contributed by atoms with Crippen molar-refractivity contribution < 1.29 is 9.32 Å². The van der Waals surface area contributed by atoms with Gasteiger partial charge in [0.15, 0.2) is 0 Å². The second kappa shape index (κ2) is 4.96. The molecule has 2 aliphatic rings.